The molecule has 1 aromatic rings. The number of nitrogens with one attached hydrogen (secondary N) is 3. The predicted molar refractivity (Wildman–Crippen MR) is 87.4 cm³/mol. The summed E-state index contributed by atoms with van der Waals surface area (Å²) in [5, 5.41) is 11.1. The van der Waals surface area contributed by atoms with Crippen LogP contribution in [0, 0.1) is 6.92 Å². The topological polar surface area (TPSA) is 61.3 Å². The highest BCUT2D eigenvalue weighted by atomic mass is 32.1. The first-order chi connectivity index (χ1) is 9.40. The van der Waals surface area contributed by atoms with Gasteiger partial charge in [0.1, 0.15) is 5.01 Å². The summed E-state index contributed by atoms with van der Waals surface area (Å²) in [6.07, 6.45) is 1.89. The molecule has 0 amide bonds. The molecule has 0 aliphatic carbocycles. The summed E-state index contributed by atoms with van der Waals surface area (Å²) in [7, 11) is 0. The summed E-state index contributed by atoms with van der Waals surface area (Å²) in [5.41, 5.74) is 0.148. The van der Waals surface area contributed by atoms with Gasteiger partial charge in [0.2, 0.25) is 0 Å². The third kappa shape index (κ3) is 7.45. The average Bonchev–Trinajstić information content (AvgIpc) is 2.76. The van der Waals surface area contributed by atoms with Gasteiger partial charge < -0.3 is 16.0 Å². The molecule has 0 saturated heterocycles. The number of rotatable bonds is 6. The van der Waals surface area contributed by atoms with E-state index in [2.05, 4.69) is 60.5 Å². The molecule has 0 fully saturated rings. The van der Waals surface area contributed by atoms with Crippen molar-refractivity contribution in [2.24, 2.45) is 4.99 Å². The van der Waals surface area contributed by atoms with Crippen LogP contribution in [0.25, 0.3) is 0 Å². The second-order valence-corrected chi connectivity index (χ2v) is 6.98. The molecule has 0 saturated carbocycles. The molecule has 0 spiro atoms. The molecule has 6 heteroatoms. The van der Waals surface area contributed by atoms with Crippen LogP contribution in [0.4, 0.5) is 0 Å². The third-order valence-electron chi connectivity index (χ3n) is 2.46. The Morgan fingerprint density at radius 1 is 1.30 bits per heavy atom. The molecule has 1 heterocycles. The van der Waals surface area contributed by atoms with E-state index < -0.39 is 0 Å². The van der Waals surface area contributed by atoms with Crippen LogP contribution in [0.2, 0.25) is 0 Å². The van der Waals surface area contributed by atoms with Gasteiger partial charge in [-0.25, -0.2) is 9.98 Å². The smallest absolute Gasteiger partial charge is 0.191 e. The minimum Gasteiger partial charge on any atom is -0.357 e. The van der Waals surface area contributed by atoms with Gasteiger partial charge in [0.25, 0.3) is 0 Å². The molecule has 0 aromatic carbocycles. The lowest BCUT2D eigenvalue weighted by atomic mass is 10.1. The van der Waals surface area contributed by atoms with Crippen LogP contribution >= 0.6 is 11.3 Å². The summed E-state index contributed by atoms with van der Waals surface area (Å²) in [6, 6.07) is 0. The molecule has 0 unspecified atom stereocenters. The minimum absolute atomic E-state index is 0.148. The summed E-state index contributed by atoms with van der Waals surface area (Å²) in [5.74, 6) is 0.844. The first-order valence-electron chi connectivity index (χ1n) is 7.09. The van der Waals surface area contributed by atoms with Gasteiger partial charge >= 0.3 is 0 Å². The van der Waals surface area contributed by atoms with E-state index in [-0.39, 0.29) is 5.54 Å². The zero-order valence-corrected chi connectivity index (χ0v) is 14.0. The number of thiazole rings is 1. The Bertz CT molecular complexity index is 419. The maximum atomic E-state index is 4.55. The molecule has 0 bridgehead atoms. The Balaban J connectivity index is 2.39. The lowest BCUT2D eigenvalue weighted by molar-refractivity contribution is 0.428. The number of nitrogens with zero attached hydrogens (tertiary/aromatic N) is 2. The molecule has 5 nitrogen and oxygen atoms in total. The molecular weight excluding hydrogens is 270 g/mol. The molecule has 114 valence electrons. The van der Waals surface area contributed by atoms with Crippen LogP contribution in [-0.4, -0.2) is 36.1 Å². The Labute approximate surface area is 126 Å². The summed E-state index contributed by atoms with van der Waals surface area (Å²) in [6.45, 7) is 13.9. The van der Waals surface area contributed by atoms with Crippen molar-refractivity contribution in [2.45, 2.75) is 46.7 Å². The van der Waals surface area contributed by atoms with E-state index in [0.29, 0.717) is 6.54 Å². The lowest BCUT2D eigenvalue weighted by Crippen LogP contribution is -2.44. The Hall–Kier alpha value is -1.14. The van der Waals surface area contributed by atoms with E-state index >= 15 is 0 Å². The summed E-state index contributed by atoms with van der Waals surface area (Å²) in [4.78, 5) is 10.1. The predicted octanol–water partition coefficient (Wildman–Crippen LogP) is 1.89. The molecule has 0 atom stereocenters. The molecule has 0 aliphatic heterocycles. The highest BCUT2D eigenvalue weighted by molar-refractivity contribution is 7.11. The van der Waals surface area contributed by atoms with Gasteiger partial charge in [-0.05, 0) is 34.6 Å². The van der Waals surface area contributed by atoms with Crippen molar-refractivity contribution >= 4 is 17.3 Å². The van der Waals surface area contributed by atoms with E-state index in [1.165, 1.54) is 4.88 Å². The molecule has 0 aliphatic rings. The van der Waals surface area contributed by atoms with Gasteiger partial charge in [0.05, 0.1) is 6.54 Å². The van der Waals surface area contributed by atoms with Crippen LogP contribution in [0.3, 0.4) is 0 Å². The number of hydrogen-bond acceptors (Lipinski definition) is 4. The van der Waals surface area contributed by atoms with Gasteiger partial charge in [-0.1, -0.05) is 0 Å². The highest BCUT2D eigenvalue weighted by Gasteiger charge is 2.07. The first-order valence-corrected chi connectivity index (χ1v) is 7.91. The van der Waals surface area contributed by atoms with Crippen LogP contribution in [0.5, 0.6) is 0 Å². The van der Waals surface area contributed by atoms with Crippen LogP contribution in [0.1, 0.15) is 37.6 Å². The molecule has 3 N–H and O–H groups in total. The van der Waals surface area contributed by atoms with Crippen molar-refractivity contribution in [1.29, 1.82) is 0 Å². The molecule has 1 aromatic heterocycles. The monoisotopic (exact) mass is 297 g/mol. The van der Waals surface area contributed by atoms with Crippen molar-refractivity contribution in [3.63, 3.8) is 0 Å². The lowest BCUT2D eigenvalue weighted by Gasteiger charge is -2.21. The Morgan fingerprint density at radius 3 is 2.60 bits per heavy atom. The van der Waals surface area contributed by atoms with Crippen molar-refractivity contribution in [1.82, 2.24) is 20.9 Å². The van der Waals surface area contributed by atoms with Gasteiger partial charge in [-0.3, -0.25) is 0 Å². The van der Waals surface area contributed by atoms with Crippen molar-refractivity contribution in [3.05, 3.63) is 16.1 Å². The van der Waals surface area contributed by atoms with Gasteiger partial charge in [-0.15, -0.1) is 11.3 Å². The largest absolute Gasteiger partial charge is 0.357 e. The number of aromatic nitrogens is 1. The Kier molecular flexibility index (Phi) is 6.95. The molecular formula is C14H27N5S. The first kappa shape index (κ1) is 16.9. The normalized spacial score (nSPS) is 12.6. The van der Waals surface area contributed by atoms with Crippen molar-refractivity contribution in [2.75, 3.05) is 19.6 Å². The van der Waals surface area contributed by atoms with E-state index in [0.717, 1.165) is 30.6 Å². The molecule has 1 rings (SSSR count). The van der Waals surface area contributed by atoms with Crippen LogP contribution < -0.4 is 16.0 Å². The quantitative estimate of drug-likeness (QED) is 0.426. The number of hydrogen-bond donors (Lipinski definition) is 3. The van der Waals surface area contributed by atoms with E-state index in [4.69, 9.17) is 0 Å². The zero-order valence-electron chi connectivity index (χ0n) is 13.2. The fraction of sp³-hybridized carbons (Fsp3) is 0.714. The van der Waals surface area contributed by atoms with E-state index in [1.807, 2.05) is 6.20 Å². The van der Waals surface area contributed by atoms with Gasteiger partial charge in [0.15, 0.2) is 5.96 Å². The van der Waals surface area contributed by atoms with Gasteiger partial charge in [-0.2, -0.15) is 0 Å². The van der Waals surface area contributed by atoms with Crippen LogP contribution in [0.15, 0.2) is 11.2 Å². The minimum atomic E-state index is 0.148. The third-order valence-corrected chi connectivity index (χ3v) is 3.36. The fourth-order valence-corrected chi connectivity index (χ4v) is 2.29. The van der Waals surface area contributed by atoms with Crippen molar-refractivity contribution < 1.29 is 0 Å². The summed E-state index contributed by atoms with van der Waals surface area (Å²) >= 11 is 1.69. The van der Waals surface area contributed by atoms with E-state index in [9.17, 15) is 0 Å². The van der Waals surface area contributed by atoms with Crippen LogP contribution in [-0.2, 0) is 6.54 Å². The maximum absolute atomic E-state index is 4.55. The zero-order chi connectivity index (χ0) is 15.0. The average molecular weight is 297 g/mol. The highest BCUT2D eigenvalue weighted by Crippen LogP contribution is 2.11. The van der Waals surface area contributed by atoms with Gasteiger partial charge in [0, 0.05) is 36.2 Å². The summed E-state index contributed by atoms with van der Waals surface area (Å²) < 4.78 is 0. The van der Waals surface area contributed by atoms with Crippen molar-refractivity contribution in [3.8, 4) is 0 Å². The number of aryl methyl sites for hydroxylation is 1. The SMILES string of the molecule is CCNC(=NCc1ncc(C)s1)NCCNC(C)(C)C. The number of guanidine groups is 1. The molecule has 20 heavy (non-hydrogen) atoms. The second kappa shape index (κ2) is 8.21. The second-order valence-electron chi connectivity index (χ2n) is 5.66. The maximum Gasteiger partial charge on any atom is 0.191 e. The number of aliphatic imine (C=N–C) groups is 1. The fourth-order valence-electron chi connectivity index (χ4n) is 1.58. The standard InChI is InChI=1S/C14H27N5S/c1-6-15-13(16-7-8-19-14(3,4)5)18-10-12-17-9-11(2)20-12/h9,19H,6-8,10H2,1-5H3,(H2,15,16,18). The van der Waals surface area contributed by atoms with E-state index in [1.54, 1.807) is 11.3 Å². The Morgan fingerprint density at radius 2 is 2.05 bits per heavy atom. The molecule has 0 radical (unpaired) electrons.